The molecule has 0 aromatic carbocycles. The van der Waals surface area contributed by atoms with E-state index in [9.17, 15) is 0 Å². The summed E-state index contributed by atoms with van der Waals surface area (Å²) in [7, 11) is 1.82. The van der Waals surface area contributed by atoms with Crippen molar-refractivity contribution in [3.63, 3.8) is 0 Å². The maximum atomic E-state index is 5.89. The normalized spacial score (nSPS) is 23.6. The van der Waals surface area contributed by atoms with Gasteiger partial charge in [0, 0.05) is 7.11 Å². The Morgan fingerprint density at radius 2 is 1.89 bits per heavy atom. The number of methoxy groups -OCH3 is 1. The van der Waals surface area contributed by atoms with Crippen LogP contribution in [0.3, 0.4) is 0 Å². The average Bonchev–Trinajstić information content (AvgIpc) is 2.36. The lowest BCUT2D eigenvalue weighted by Crippen LogP contribution is -2.56. The molecule has 0 spiro atoms. The van der Waals surface area contributed by atoms with E-state index in [0.29, 0.717) is 5.41 Å². The van der Waals surface area contributed by atoms with Crippen molar-refractivity contribution in [2.45, 2.75) is 70.9 Å². The van der Waals surface area contributed by atoms with E-state index in [-0.39, 0.29) is 11.6 Å². The Morgan fingerprint density at radius 1 is 1.33 bits per heavy atom. The first-order valence-electron chi connectivity index (χ1n) is 7.07. The van der Waals surface area contributed by atoms with E-state index < -0.39 is 0 Å². The molecule has 0 saturated heterocycles. The first-order valence-corrected chi connectivity index (χ1v) is 7.07. The number of hydrogen-bond acceptors (Lipinski definition) is 3. The second-order valence-corrected chi connectivity index (χ2v) is 6.46. The molecule has 1 aliphatic carbocycles. The summed E-state index contributed by atoms with van der Waals surface area (Å²) < 4.78 is 5.89. The predicted molar refractivity (Wildman–Crippen MR) is 77.1 cm³/mol. The van der Waals surface area contributed by atoms with Crippen molar-refractivity contribution < 1.29 is 4.74 Å². The topological polar surface area (TPSA) is 47.3 Å². The van der Waals surface area contributed by atoms with Crippen LogP contribution in [0.5, 0.6) is 0 Å². The summed E-state index contributed by atoms with van der Waals surface area (Å²) in [5, 5.41) is 0. The Labute approximate surface area is 112 Å². The van der Waals surface area contributed by atoms with Crippen LogP contribution in [-0.2, 0) is 4.74 Å². The highest BCUT2D eigenvalue weighted by Gasteiger charge is 2.43. The van der Waals surface area contributed by atoms with Crippen LogP contribution in [0, 0.1) is 5.41 Å². The minimum absolute atomic E-state index is 0.123. The number of rotatable bonds is 6. The van der Waals surface area contributed by atoms with Crippen molar-refractivity contribution in [2.24, 2.45) is 11.3 Å². The molecule has 0 bridgehead atoms. The van der Waals surface area contributed by atoms with Crippen molar-refractivity contribution in [3.05, 3.63) is 12.2 Å². The van der Waals surface area contributed by atoms with Gasteiger partial charge in [-0.05, 0) is 43.9 Å². The van der Waals surface area contributed by atoms with Crippen molar-refractivity contribution in [2.75, 3.05) is 7.11 Å². The maximum Gasteiger partial charge on any atom is 0.0847 e. The third-order valence-electron chi connectivity index (χ3n) is 4.69. The molecule has 1 aliphatic rings. The van der Waals surface area contributed by atoms with Crippen molar-refractivity contribution in [1.29, 1.82) is 0 Å². The van der Waals surface area contributed by atoms with Gasteiger partial charge < -0.3 is 4.74 Å². The highest BCUT2D eigenvalue weighted by atomic mass is 16.5. The average molecular weight is 254 g/mol. The first-order chi connectivity index (χ1) is 8.39. The molecule has 3 N–H and O–H groups in total. The van der Waals surface area contributed by atoms with Gasteiger partial charge in [0.25, 0.3) is 0 Å². The molecular formula is C15H30N2O. The molecule has 1 atom stereocenters. The quantitative estimate of drug-likeness (QED) is 0.435. The minimum Gasteiger partial charge on any atom is -0.377 e. The van der Waals surface area contributed by atoms with E-state index in [2.05, 4.69) is 32.8 Å². The van der Waals surface area contributed by atoms with Gasteiger partial charge in [-0.2, -0.15) is 0 Å². The van der Waals surface area contributed by atoms with Gasteiger partial charge in [0.2, 0.25) is 0 Å². The van der Waals surface area contributed by atoms with Gasteiger partial charge in [0.1, 0.15) is 0 Å². The molecule has 0 aromatic rings. The Hall–Kier alpha value is -0.380. The van der Waals surface area contributed by atoms with E-state index in [1.165, 1.54) is 18.4 Å². The molecule has 3 heteroatoms. The fourth-order valence-corrected chi connectivity index (χ4v) is 2.87. The SMILES string of the molecule is C=C(CC)CC(NN)C1(OC)CCC(C)(C)CC1. The molecule has 18 heavy (non-hydrogen) atoms. The Balaban J connectivity index is 2.76. The summed E-state index contributed by atoms with van der Waals surface area (Å²) in [6, 6.07) is 0.172. The second kappa shape index (κ2) is 6.18. The van der Waals surface area contributed by atoms with Crippen molar-refractivity contribution in [3.8, 4) is 0 Å². The lowest BCUT2D eigenvalue weighted by atomic mass is 9.67. The highest BCUT2D eigenvalue weighted by Crippen LogP contribution is 2.44. The maximum absolute atomic E-state index is 5.89. The molecule has 1 fully saturated rings. The van der Waals surface area contributed by atoms with Crippen LogP contribution >= 0.6 is 0 Å². The number of ether oxygens (including phenoxy) is 1. The van der Waals surface area contributed by atoms with E-state index in [1.807, 2.05) is 7.11 Å². The third-order valence-corrected chi connectivity index (χ3v) is 4.69. The lowest BCUT2D eigenvalue weighted by Gasteiger charge is -2.47. The fourth-order valence-electron chi connectivity index (χ4n) is 2.87. The summed E-state index contributed by atoms with van der Waals surface area (Å²) in [6.07, 6.45) is 6.44. The van der Waals surface area contributed by atoms with Gasteiger partial charge in [0.05, 0.1) is 11.6 Å². The van der Waals surface area contributed by atoms with Crippen LogP contribution in [0.1, 0.15) is 59.3 Å². The van der Waals surface area contributed by atoms with E-state index >= 15 is 0 Å². The Morgan fingerprint density at radius 3 is 2.28 bits per heavy atom. The van der Waals surface area contributed by atoms with E-state index in [0.717, 1.165) is 25.7 Å². The number of hydrazine groups is 1. The summed E-state index contributed by atoms with van der Waals surface area (Å²) >= 11 is 0. The predicted octanol–water partition coefficient (Wildman–Crippen LogP) is 3.16. The Kier molecular flexibility index (Phi) is 5.38. The highest BCUT2D eigenvalue weighted by molar-refractivity contribution is 5.05. The monoisotopic (exact) mass is 254 g/mol. The van der Waals surface area contributed by atoms with Crippen LogP contribution in [0.2, 0.25) is 0 Å². The van der Waals surface area contributed by atoms with Crippen LogP contribution in [0.15, 0.2) is 12.2 Å². The van der Waals surface area contributed by atoms with Gasteiger partial charge in [-0.25, -0.2) is 0 Å². The molecular weight excluding hydrogens is 224 g/mol. The van der Waals surface area contributed by atoms with Gasteiger partial charge in [-0.15, -0.1) is 0 Å². The molecule has 0 aliphatic heterocycles. The number of nitrogens with one attached hydrogen (secondary N) is 1. The minimum atomic E-state index is -0.123. The Bertz CT molecular complexity index is 276. The zero-order valence-electron chi connectivity index (χ0n) is 12.5. The van der Waals surface area contributed by atoms with Crippen LogP contribution in [0.25, 0.3) is 0 Å². The number of hydrogen-bond donors (Lipinski definition) is 2. The molecule has 1 saturated carbocycles. The molecule has 0 amide bonds. The third kappa shape index (κ3) is 3.56. The van der Waals surface area contributed by atoms with Crippen molar-refractivity contribution in [1.82, 2.24) is 5.43 Å². The molecule has 1 rings (SSSR count). The largest absolute Gasteiger partial charge is 0.377 e. The summed E-state index contributed by atoms with van der Waals surface area (Å²) in [4.78, 5) is 0. The second-order valence-electron chi connectivity index (χ2n) is 6.46. The number of nitrogens with two attached hydrogens (primary N) is 1. The smallest absolute Gasteiger partial charge is 0.0847 e. The van der Waals surface area contributed by atoms with Crippen LogP contribution < -0.4 is 11.3 Å². The van der Waals surface area contributed by atoms with Crippen LogP contribution in [-0.4, -0.2) is 18.8 Å². The zero-order chi connectivity index (χ0) is 13.8. The van der Waals surface area contributed by atoms with Gasteiger partial charge in [0.15, 0.2) is 0 Å². The molecule has 106 valence electrons. The van der Waals surface area contributed by atoms with Gasteiger partial charge >= 0.3 is 0 Å². The van der Waals surface area contributed by atoms with E-state index in [4.69, 9.17) is 10.6 Å². The molecule has 1 unspecified atom stereocenters. The summed E-state index contributed by atoms with van der Waals surface area (Å²) in [6.45, 7) is 10.9. The van der Waals surface area contributed by atoms with Crippen LogP contribution in [0.4, 0.5) is 0 Å². The van der Waals surface area contributed by atoms with Gasteiger partial charge in [-0.1, -0.05) is 32.9 Å². The molecule has 0 radical (unpaired) electrons. The fraction of sp³-hybridized carbons (Fsp3) is 0.867. The van der Waals surface area contributed by atoms with Gasteiger partial charge in [-0.3, -0.25) is 11.3 Å². The molecule has 0 heterocycles. The standard InChI is InChI=1S/C15H30N2O/c1-6-12(2)11-13(17-16)15(18-5)9-7-14(3,4)8-10-15/h13,17H,2,6-11,16H2,1,3-5H3. The molecule has 3 nitrogen and oxygen atoms in total. The van der Waals surface area contributed by atoms with Crippen molar-refractivity contribution >= 4 is 0 Å². The summed E-state index contributed by atoms with van der Waals surface area (Å²) in [5.41, 5.74) is 4.52. The van der Waals surface area contributed by atoms with E-state index in [1.54, 1.807) is 0 Å². The molecule has 0 aromatic heterocycles. The first kappa shape index (κ1) is 15.7. The summed E-state index contributed by atoms with van der Waals surface area (Å²) in [5.74, 6) is 5.76. The zero-order valence-corrected chi connectivity index (χ0v) is 12.5. The lowest BCUT2D eigenvalue weighted by molar-refractivity contribution is -0.0862.